The van der Waals surface area contributed by atoms with Crippen LogP contribution in [0.2, 0.25) is 0 Å². The van der Waals surface area contributed by atoms with Crippen LogP contribution in [0.25, 0.3) is 0 Å². The molecule has 3 N–H and O–H groups in total. The van der Waals surface area contributed by atoms with E-state index in [1.807, 2.05) is 0 Å². The normalized spacial score (nSPS) is 22.9. The van der Waals surface area contributed by atoms with Crippen molar-refractivity contribution < 1.29 is 9.47 Å². The Morgan fingerprint density at radius 3 is 2.26 bits per heavy atom. The Morgan fingerprint density at radius 2 is 1.74 bits per heavy atom. The predicted molar refractivity (Wildman–Crippen MR) is 73.6 cm³/mol. The van der Waals surface area contributed by atoms with Gasteiger partial charge < -0.3 is 20.5 Å². The number of nitrogens with zero attached hydrogens (tertiary/aromatic N) is 2. The maximum atomic E-state index is 5.90. The smallest absolute Gasteiger partial charge is 0.229 e. The first-order chi connectivity index (χ1) is 9.21. The second kappa shape index (κ2) is 6.56. The van der Waals surface area contributed by atoms with E-state index in [1.54, 1.807) is 20.3 Å². The molecule has 6 heteroatoms. The number of nitrogens with two attached hydrogens (primary N) is 1. The minimum Gasteiger partial charge on any atom is -0.481 e. The molecule has 1 fully saturated rings. The molecule has 6 nitrogen and oxygen atoms in total. The Labute approximate surface area is 113 Å². The van der Waals surface area contributed by atoms with E-state index in [0.717, 1.165) is 32.2 Å². The first kappa shape index (κ1) is 13.9. The third kappa shape index (κ3) is 3.96. The van der Waals surface area contributed by atoms with Gasteiger partial charge >= 0.3 is 0 Å². The van der Waals surface area contributed by atoms with E-state index < -0.39 is 0 Å². The first-order valence-corrected chi connectivity index (χ1v) is 6.67. The molecule has 1 heterocycles. The zero-order chi connectivity index (χ0) is 13.7. The van der Waals surface area contributed by atoms with Crippen LogP contribution in [0, 0.1) is 5.92 Å². The molecule has 0 radical (unpaired) electrons. The van der Waals surface area contributed by atoms with Gasteiger partial charge in [-0.3, -0.25) is 0 Å². The van der Waals surface area contributed by atoms with Gasteiger partial charge in [-0.15, -0.1) is 0 Å². The number of rotatable bonds is 5. The second-order valence-corrected chi connectivity index (χ2v) is 4.94. The first-order valence-electron chi connectivity index (χ1n) is 6.67. The van der Waals surface area contributed by atoms with Crippen LogP contribution in [0.3, 0.4) is 0 Å². The standard InChI is InChI=1S/C13H22N4O2/c1-18-11-7-12(19-2)17-13(16-11)15-8-9-3-5-10(14)6-4-9/h7,9-10H,3-6,8,14H2,1-2H3,(H,15,16,17). The van der Waals surface area contributed by atoms with Crippen molar-refractivity contribution in [1.29, 1.82) is 0 Å². The number of hydrogen-bond donors (Lipinski definition) is 2. The van der Waals surface area contributed by atoms with Crippen molar-refractivity contribution in [3.05, 3.63) is 6.07 Å². The van der Waals surface area contributed by atoms with Crippen LogP contribution in [0.1, 0.15) is 25.7 Å². The minimum atomic E-state index is 0.379. The SMILES string of the molecule is COc1cc(OC)nc(NCC2CCC(N)CC2)n1. The lowest BCUT2D eigenvalue weighted by atomic mass is 9.86. The van der Waals surface area contributed by atoms with Crippen LogP contribution in [0.4, 0.5) is 5.95 Å². The topological polar surface area (TPSA) is 82.3 Å². The molecule has 0 aliphatic heterocycles. The Hall–Kier alpha value is -1.56. The van der Waals surface area contributed by atoms with Gasteiger partial charge in [0.15, 0.2) is 0 Å². The van der Waals surface area contributed by atoms with Crippen LogP contribution in [-0.4, -0.2) is 36.8 Å². The van der Waals surface area contributed by atoms with E-state index in [0.29, 0.717) is 29.7 Å². The zero-order valence-corrected chi connectivity index (χ0v) is 11.6. The van der Waals surface area contributed by atoms with Gasteiger partial charge in [-0.1, -0.05) is 0 Å². The second-order valence-electron chi connectivity index (χ2n) is 4.94. The maximum Gasteiger partial charge on any atom is 0.229 e. The van der Waals surface area contributed by atoms with E-state index >= 15 is 0 Å². The molecule has 0 aromatic carbocycles. The van der Waals surface area contributed by atoms with Gasteiger partial charge in [-0.25, -0.2) is 0 Å². The molecule has 1 saturated carbocycles. The highest BCUT2D eigenvalue weighted by atomic mass is 16.5. The van der Waals surface area contributed by atoms with E-state index in [4.69, 9.17) is 15.2 Å². The Balaban J connectivity index is 1.91. The highest BCUT2D eigenvalue weighted by Gasteiger charge is 2.18. The van der Waals surface area contributed by atoms with Crippen molar-refractivity contribution in [2.45, 2.75) is 31.7 Å². The van der Waals surface area contributed by atoms with Gasteiger partial charge in [-0.2, -0.15) is 9.97 Å². The lowest BCUT2D eigenvalue weighted by molar-refractivity contribution is 0.337. The third-order valence-corrected chi connectivity index (χ3v) is 3.54. The van der Waals surface area contributed by atoms with Crippen LogP contribution < -0.4 is 20.5 Å². The molecule has 1 aliphatic rings. The molecule has 0 unspecified atom stereocenters. The zero-order valence-electron chi connectivity index (χ0n) is 11.6. The number of methoxy groups -OCH3 is 2. The van der Waals surface area contributed by atoms with Crippen molar-refractivity contribution >= 4 is 5.95 Å². The summed E-state index contributed by atoms with van der Waals surface area (Å²) >= 11 is 0. The van der Waals surface area contributed by atoms with Gasteiger partial charge in [0.05, 0.1) is 20.3 Å². The third-order valence-electron chi connectivity index (χ3n) is 3.54. The molecule has 106 valence electrons. The van der Waals surface area contributed by atoms with Gasteiger partial charge in [-0.05, 0) is 31.6 Å². The monoisotopic (exact) mass is 266 g/mol. The molecule has 0 amide bonds. The van der Waals surface area contributed by atoms with Crippen LogP contribution >= 0.6 is 0 Å². The number of hydrogen-bond acceptors (Lipinski definition) is 6. The maximum absolute atomic E-state index is 5.90. The summed E-state index contributed by atoms with van der Waals surface area (Å²) in [6.07, 6.45) is 4.54. The number of nitrogens with one attached hydrogen (secondary N) is 1. The summed E-state index contributed by atoms with van der Waals surface area (Å²) in [4.78, 5) is 8.50. The molecule has 0 saturated heterocycles. The molecule has 1 aromatic heterocycles. The summed E-state index contributed by atoms with van der Waals surface area (Å²) in [5, 5.41) is 3.26. The summed E-state index contributed by atoms with van der Waals surface area (Å²) in [5.41, 5.74) is 5.90. The molecule has 19 heavy (non-hydrogen) atoms. The van der Waals surface area contributed by atoms with Gasteiger partial charge in [0.1, 0.15) is 0 Å². The molecule has 2 rings (SSSR count). The average molecular weight is 266 g/mol. The number of aromatic nitrogens is 2. The fraction of sp³-hybridized carbons (Fsp3) is 0.692. The molecule has 0 atom stereocenters. The van der Waals surface area contributed by atoms with Crippen molar-refractivity contribution in [1.82, 2.24) is 9.97 Å². The Bertz CT molecular complexity index is 383. The van der Waals surface area contributed by atoms with E-state index in [9.17, 15) is 0 Å². The summed E-state index contributed by atoms with van der Waals surface area (Å²) < 4.78 is 10.2. The van der Waals surface area contributed by atoms with E-state index in [-0.39, 0.29) is 0 Å². The van der Waals surface area contributed by atoms with E-state index in [2.05, 4.69) is 15.3 Å². The molecular formula is C13H22N4O2. The molecule has 0 bridgehead atoms. The van der Waals surface area contributed by atoms with Gasteiger partial charge in [0.2, 0.25) is 17.7 Å². The van der Waals surface area contributed by atoms with Crippen molar-refractivity contribution in [3.8, 4) is 11.8 Å². The highest BCUT2D eigenvalue weighted by Crippen LogP contribution is 2.24. The quantitative estimate of drug-likeness (QED) is 0.839. The molecular weight excluding hydrogens is 244 g/mol. The van der Waals surface area contributed by atoms with Gasteiger partial charge in [0, 0.05) is 12.6 Å². The Kier molecular flexibility index (Phi) is 4.79. The van der Waals surface area contributed by atoms with Crippen LogP contribution in [-0.2, 0) is 0 Å². The molecule has 1 aromatic rings. The van der Waals surface area contributed by atoms with Crippen molar-refractivity contribution in [2.24, 2.45) is 11.7 Å². The largest absolute Gasteiger partial charge is 0.481 e. The average Bonchev–Trinajstić information content (AvgIpc) is 2.46. The van der Waals surface area contributed by atoms with Crippen molar-refractivity contribution in [3.63, 3.8) is 0 Å². The summed E-state index contributed by atoms with van der Waals surface area (Å²) in [6.45, 7) is 0.864. The molecule has 0 spiro atoms. The summed E-state index contributed by atoms with van der Waals surface area (Å²) in [6, 6.07) is 2.04. The summed E-state index contributed by atoms with van der Waals surface area (Å²) in [5.74, 6) is 2.19. The fourth-order valence-corrected chi connectivity index (χ4v) is 2.32. The number of ether oxygens (including phenoxy) is 2. The van der Waals surface area contributed by atoms with Crippen LogP contribution in [0.5, 0.6) is 11.8 Å². The Morgan fingerprint density at radius 1 is 1.16 bits per heavy atom. The predicted octanol–water partition coefficient (Wildman–Crippen LogP) is 1.42. The van der Waals surface area contributed by atoms with Crippen LogP contribution in [0.15, 0.2) is 6.07 Å². The highest BCUT2D eigenvalue weighted by molar-refractivity contribution is 5.33. The molecule has 1 aliphatic carbocycles. The fourth-order valence-electron chi connectivity index (χ4n) is 2.32. The summed E-state index contributed by atoms with van der Waals surface area (Å²) in [7, 11) is 3.15. The van der Waals surface area contributed by atoms with E-state index in [1.165, 1.54) is 0 Å². The minimum absolute atomic E-state index is 0.379. The lowest BCUT2D eigenvalue weighted by Crippen LogP contribution is -2.29. The van der Waals surface area contributed by atoms with Crippen molar-refractivity contribution in [2.75, 3.05) is 26.1 Å². The van der Waals surface area contributed by atoms with Gasteiger partial charge in [0.25, 0.3) is 0 Å². The lowest BCUT2D eigenvalue weighted by Gasteiger charge is -2.26. The number of anilines is 1.